The largest absolute Gasteiger partial charge is 0.496 e. The first kappa shape index (κ1) is 22.9. The van der Waals surface area contributed by atoms with Crippen molar-refractivity contribution in [2.24, 2.45) is 5.41 Å². The van der Waals surface area contributed by atoms with Gasteiger partial charge >= 0.3 is 0 Å². The molecule has 2 aliphatic rings. The number of methoxy groups -OCH3 is 1. The van der Waals surface area contributed by atoms with Gasteiger partial charge in [-0.25, -0.2) is 4.98 Å². The van der Waals surface area contributed by atoms with Crippen LogP contribution in [0, 0.1) is 5.41 Å². The number of hydrogen-bond donors (Lipinski definition) is 3. The predicted octanol–water partition coefficient (Wildman–Crippen LogP) is 2.86. The van der Waals surface area contributed by atoms with E-state index in [-0.39, 0.29) is 5.95 Å². The van der Waals surface area contributed by atoms with Gasteiger partial charge in [0, 0.05) is 31.7 Å². The van der Waals surface area contributed by atoms with Crippen LogP contribution in [0.5, 0.6) is 5.75 Å². The number of hydrogen-bond acceptors (Lipinski definition) is 8. The molecule has 0 radical (unpaired) electrons. The summed E-state index contributed by atoms with van der Waals surface area (Å²) in [5, 5.41) is 11.4. The van der Waals surface area contributed by atoms with Gasteiger partial charge in [-0.05, 0) is 49.4 Å². The molecule has 0 aliphatic carbocycles. The molecule has 2 aliphatic heterocycles. The Kier molecular flexibility index (Phi) is 6.56. The van der Waals surface area contributed by atoms with E-state index in [1.807, 2.05) is 4.68 Å². The maximum Gasteiger partial charge on any atom is 0.222 e. The Labute approximate surface area is 201 Å². The number of rotatable bonds is 9. The fraction of sp³-hybridized carbons (Fsp3) is 0.560. The van der Waals surface area contributed by atoms with Gasteiger partial charge in [0.25, 0.3) is 0 Å². The first-order chi connectivity index (χ1) is 16.6. The smallest absolute Gasteiger partial charge is 0.222 e. The molecule has 0 saturated carbocycles. The van der Waals surface area contributed by atoms with Crippen molar-refractivity contribution < 1.29 is 4.74 Å². The molecule has 4 N–H and O–H groups in total. The molecule has 0 atom stereocenters. The first-order valence-corrected chi connectivity index (χ1v) is 12.4. The van der Waals surface area contributed by atoms with E-state index in [0.29, 0.717) is 12.0 Å². The van der Waals surface area contributed by atoms with Gasteiger partial charge in [-0.1, -0.05) is 25.5 Å². The molecular formula is C25H36N8O. The normalized spacial score (nSPS) is 17.7. The summed E-state index contributed by atoms with van der Waals surface area (Å²) in [6.45, 7) is 9.26. The second-order valence-electron chi connectivity index (χ2n) is 9.77. The SMILES string of the molecule is CCCCNc1nc(N)nc2cnn(Cc3ccc(CN4CCC5(CC4)CNC5)cc3OC)c12. The third kappa shape index (κ3) is 4.67. The molecule has 1 spiro atoms. The molecule has 5 rings (SSSR count). The van der Waals surface area contributed by atoms with E-state index < -0.39 is 0 Å². The fourth-order valence-electron chi connectivity index (χ4n) is 5.10. The van der Waals surface area contributed by atoms with Crippen LogP contribution in [-0.4, -0.2) is 64.5 Å². The van der Waals surface area contributed by atoms with E-state index in [9.17, 15) is 0 Å². The van der Waals surface area contributed by atoms with Crippen LogP contribution in [0.15, 0.2) is 24.4 Å². The molecule has 0 bridgehead atoms. The highest BCUT2D eigenvalue weighted by Gasteiger charge is 2.39. The summed E-state index contributed by atoms with van der Waals surface area (Å²) in [7, 11) is 1.74. The van der Waals surface area contributed by atoms with Gasteiger partial charge in [-0.3, -0.25) is 9.58 Å². The molecule has 9 nitrogen and oxygen atoms in total. The van der Waals surface area contributed by atoms with Crippen LogP contribution in [-0.2, 0) is 13.1 Å². The van der Waals surface area contributed by atoms with Crippen LogP contribution in [0.4, 0.5) is 11.8 Å². The summed E-state index contributed by atoms with van der Waals surface area (Å²) in [6, 6.07) is 6.55. The number of nitrogens with one attached hydrogen (secondary N) is 2. The zero-order valence-electron chi connectivity index (χ0n) is 20.3. The molecule has 3 aromatic rings. The molecule has 0 amide bonds. The van der Waals surface area contributed by atoms with Gasteiger partial charge in [0.2, 0.25) is 5.95 Å². The molecule has 2 fully saturated rings. The van der Waals surface area contributed by atoms with Gasteiger partial charge < -0.3 is 21.1 Å². The monoisotopic (exact) mass is 464 g/mol. The van der Waals surface area contributed by atoms with E-state index in [2.05, 4.69) is 55.7 Å². The maximum atomic E-state index is 5.93. The lowest BCUT2D eigenvalue weighted by atomic mass is 9.73. The number of anilines is 2. The fourth-order valence-corrected chi connectivity index (χ4v) is 5.10. The Morgan fingerprint density at radius 2 is 2.00 bits per heavy atom. The van der Waals surface area contributed by atoms with Gasteiger partial charge in [-0.2, -0.15) is 10.1 Å². The van der Waals surface area contributed by atoms with Crippen LogP contribution < -0.4 is 21.1 Å². The molecule has 0 unspecified atom stereocenters. The Morgan fingerprint density at radius 3 is 2.71 bits per heavy atom. The van der Waals surface area contributed by atoms with Crippen molar-refractivity contribution in [3.8, 4) is 5.75 Å². The van der Waals surface area contributed by atoms with Gasteiger partial charge in [0.05, 0.1) is 19.9 Å². The van der Waals surface area contributed by atoms with E-state index in [4.69, 9.17) is 10.5 Å². The molecule has 2 aromatic heterocycles. The van der Waals surface area contributed by atoms with Crippen molar-refractivity contribution in [1.29, 1.82) is 0 Å². The maximum absolute atomic E-state index is 5.93. The highest BCUT2D eigenvalue weighted by Crippen LogP contribution is 2.35. The number of piperidine rings is 1. The number of nitrogens with zero attached hydrogens (tertiary/aromatic N) is 5. The summed E-state index contributed by atoms with van der Waals surface area (Å²) in [5.41, 5.74) is 10.5. The lowest BCUT2D eigenvalue weighted by Crippen LogP contribution is -2.58. The van der Waals surface area contributed by atoms with Crippen molar-refractivity contribution in [3.05, 3.63) is 35.5 Å². The standard InChI is InChI=1S/C25H36N8O/c1-3-4-9-28-23-22-20(30-24(26)31-23)13-29-33(22)15-19-6-5-18(12-21(19)34-2)14-32-10-7-25(8-11-32)16-27-17-25/h5-6,12-13,27H,3-4,7-11,14-17H2,1-2H3,(H3,26,28,30,31). The number of fused-ring (bicyclic) bond motifs is 1. The molecule has 34 heavy (non-hydrogen) atoms. The summed E-state index contributed by atoms with van der Waals surface area (Å²) in [6.07, 6.45) is 6.50. The quantitative estimate of drug-likeness (QED) is 0.415. The predicted molar refractivity (Wildman–Crippen MR) is 135 cm³/mol. The first-order valence-electron chi connectivity index (χ1n) is 12.4. The van der Waals surface area contributed by atoms with Gasteiger partial charge in [0.1, 0.15) is 16.8 Å². The number of ether oxygens (including phenoxy) is 1. The minimum absolute atomic E-state index is 0.255. The van der Waals surface area contributed by atoms with Crippen molar-refractivity contribution in [2.45, 2.75) is 45.7 Å². The van der Waals surface area contributed by atoms with E-state index >= 15 is 0 Å². The number of aromatic nitrogens is 4. The van der Waals surface area contributed by atoms with Crippen molar-refractivity contribution in [1.82, 2.24) is 30.0 Å². The summed E-state index contributed by atoms with van der Waals surface area (Å²) >= 11 is 0. The summed E-state index contributed by atoms with van der Waals surface area (Å²) in [4.78, 5) is 11.4. The Morgan fingerprint density at radius 1 is 1.18 bits per heavy atom. The summed E-state index contributed by atoms with van der Waals surface area (Å²) < 4.78 is 7.72. The number of benzene rings is 1. The number of nitrogen functional groups attached to an aromatic ring is 1. The molecule has 2 saturated heterocycles. The molecule has 9 heteroatoms. The Hall–Kier alpha value is -2.91. The van der Waals surface area contributed by atoms with E-state index in [1.165, 1.54) is 44.6 Å². The van der Waals surface area contributed by atoms with Gasteiger partial charge in [-0.15, -0.1) is 0 Å². The van der Waals surface area contributed by atoms with E-state index in [1.54, 1.807) is 13.3 Å². The van der Waals surface area contributed by atoms with Crippen molar-refractivity contribution in [3.63, 3.8) is 0 Å². The number of likely N-dealkylation sites (tertiary alicyclic amines) is 1. The van der Waals surface area contributed by atoms with Crippen molar-refractivity contribution >= 4 is 22.8 Å². The Balaban J connectivity index is 1.32. The lowest BCUT2D eigenvalue weighted by Gasteiger charge is -2.48. The molecule has 4 heterocycles. The van der Waals surface area contributed by atoms with Crippen molar-refractivity contribution in [2.75, 3.05) is 50.9 Å². The number of unbranched alkanes of at least 4 members (excludes halogenated alkanes) is 1. The third-order valence-corrected chi connectivity index (χ3v) is 7.32. The average Bonchev–Trinajstić information content (AvgIpc) is 3.22. The number of nitrogens with two attached hydrogens (primary N) is 1. The van der Waals surface area contributed by atoms with Crippen LogP contribution in [0.2, 0.25) is 0 Å². The second-order valence-corrected chi connectivity index (χ2v) is 9.77. The topological polar surface area (TPSA) is 106 Å². The van der Waals surface area contributed by atoms with Crippen LogP contribution in [0.3, 0.4) is 0 Å². The molecule has 1 aromatic carbocycles. The van der Waals surface area contributed by atoms with Crippen LogP contribution in [0.1, 0.15) is 43.7 Å². The highest BCUT2D eigenvalue weighted by molar-refractivity contribution is 5.86. The Bertz CT molecular complexity index is 1130. The van der Waals surface area contributed by atoms with Crippen LogP contribution in [0.25, 0.3) is 11.0 Å². The van der Waals surface area contributed by atoms with E-state index in [0.717, 1.165) is 54.1 Å². The summed E-state index contributed by atoms with van der Waals surface area (Å²) in [5.74, 6) is 1.87. The minimum Gasteiger partial charge on any atom is -0.496 e. The highest BCUT2D eigenvalue weighted by atomic mass is 16.5. The molecule has 182 valence electrons. The van der Waals surface area contributed by atoms with Gasteiger partial charge in [0.15, 0.2) is 5.82 Å². The van der Waals surface area contributed by atoms with Crippen LogP contribution >= 0.6 is 0 Å². The minimum atomic E-state index is 0.255. The zero-order valence-corrected chi connectivity index (χ0v) is 20.3. The molecular weight excluding hydrogens is 428 g/mol. The average molecular weight is 465 g/mol. The third-order valence-electron chi connectivity index (χ3n) is 7.32. The second kappa shape index (κ2) is 9.76. The lowest BCUT2D eigenvalue weighted by molar-refractivity contribution is 0.0520. The zero-order chi connectivity index (χ0) is 23.5.